The molecule has 6 nitrogen and oxygen atoms in total. The Morgan fingerprint density at radius 2 is 2.20 bits per heavy atom. The zero-order valence-electron chi connectivity index (χ0n) is 14.4. The Morgan fingerprint density at radius 1 is 1.32 bits per heavy atom. The molecule has 0 aliphatic carbocycles. The summed E-state index contributed by atoms with van der Waals surface area (Å²) in [5.41, 5.74) is 2.08. The van der Waals surface area contributed by atoms with Crippen molar-refractivity contribution in [1.29, 1.82) is 0 Å². The minimum atomic E-state index is -0.258. The maximum absolute atomic E-state index is 12.2. The van der Waals surface area contributed by atoms with E-state index in [4.69, 9.17) is 9.15 Å². The second-order valence-corrected chi connectivity index (χ2v) is 5.76. The third-order valence-corrected chi connectivity index (χ3v) is 3.72. The Hall–Kier alpha value is -3.02. The summed E-state index contributed by atoms with van der Waals surface area (Å²) in [6, 6.07) is 11.2. The first-order valence-electron chi connectivity index (χ1n) is 8.21. The number of rotatable bonds is 7. The van der Waals surface area contributed by atoms with Crippen molar-refractivity contribution in [3.05, 3.63) is 71.4 Å². The van der Waals surface area contributed by atoms with E-state index in [1.54, 1.807) is 18.3 Å². The molecule has 3 rings (SSSR count). The van der Waals surface area contributed by atoms with Gasteiger partial charge in [0.15, 0.2) is 5.76 Å². The van der Waals surface area contributed by atoms with E-state index >= 15 is 0 Å². The molecule has 0 saturated heterocycles. The lowest BCUT2D eigenvalue weighted by molar-refractivity contribution is 0.0919. The molecule has 0 aliphatic heterocycles. The van der Waals surface area contributed by atoms with Gasteiger partial charge >= 0.3 is 0 Å². The summed E-state index contributed by atoms with van der Waals surface area (Å²) in [6.45, 7) is 5.51. The van der Waals surface area contributed by atoms with Gasteiger partial charge in [-0.15, -0.1) is 0 Å². The van der Waals surface area contributed by atoms with Crippen LogP contribution in [0.4, 0.5) is 0 Å². The lowest BCUT2D eigenvalue weighted by Gasteiger charge is -2.05. The summed E-state index contributed by atoms with van der Waals surface area (Å²) in [7, 11) is 0. The molecule has 1 aromatic carbocycles. The number of carbonyl (C=O) groups excluding carboxylic acids is 1. The number of aromatic nitrogens is 2. The number of carbonyl (C=O) groups is 1. The van der Waals surface area contributed by atoms with Crippen LogP contribution in [0.2, 0.25) is 0 Å². The van der Waals surface area contributed by atoms with Gasteiger partial charge in [-0.1, -0.05) is 12.1 Å². The number of nitrogens with zero attached hydrogens (tertiary/aromatic N) is 2. The van der Waals surface area contributed by atoms with Crippen LogP contribution >= 0.6 is 0 Å². The average Bonchev–Trinajstić information content (AvgIpc) is 3.27. The van der Waals surface area contributed by atoms with Crippen molar-refractivity contribution in [2.45, 2.75) is 33.5 Å². The van der Waals surface area contributed by atoms with Crippen molar-refractivity contribution < 1.29 is 13.9 Å². The molecule has 0 aliphatic rings. The highest BCUT2D eigenvalue weighted by atomic mass is 16.5. The molecular formula is C19H21N3O3. The van der Waals surface area contributed by atoms with Crippen LogP contribution in [0, 0.1) is 6.92 Å². The monoisotopic (exact) mass is 339 g/mol. The Balaban J connectivity index is 1.52. The van der Waals surface area contributed by atoms with Crippen LogP contribution in [0.25, 0.3) is 0 Å². The van der Waals surface area contributed by atoms with Gasteiger partial charge in [0, 0.05) is 24.8 Å². The Labute approximate surface area is 146 Å². The summed E-state index contributed by atoms with van der Waals surface area (Å²) < 4.78 is 13.0. The molecule has 25 heavy (non-hydrogen) atoms. The average molecular weight is 339 g/mol. The van der Waals surface area contributed by atoms with Gasteiger partial charge in [0.1, 0.15) is 18.1 Å². The Kier molecular flexibility index (Phi) is 5.18. The lowest BCUT2D eigenvalue weighted by Crippen LogP contribution is -2.22. The van der Waals surface area contributed by atoms with Crippen molar-refractivity contribution in [1.82, 2.24) is 15.1 Å². The molecule has 0 bridgehead atoms. The summed E-state index contributed by atoms with van der Waals surface area (Å²) in [5.74, 6) is 1.39. The van der Waals surface area contributed by atoms with Crippen molar-refractivity contribution in [3.63, 3.8) is 0 Å². The minimum absolute atomic E-state index is 0.258. The van der Waals surface area contributed by atoms with Crippen LogP contribution in [0.5, 0.6) is 5.75 Å². The van der Waals surface area contributed by atoms with Gasteiger partial charge in [0.25, 0.3) is 5.91 Å². The normalized spacial score (nSPS) is 10.6. The molecule has 0 radical (unpaired) electrons. The predicted octanol–water partition coefficient (Wildman–Crippen LogP) is 3.31. The van der Waals surface area contributed by atoms with Gasteiger partial charge in [-0.2, -0.15) is 5.10 Å². The summed E-state index contributed by atoms with van der Waals surface area (Å²) in [4.78, 5) is 12.2. The highest BCUT2D eigenvalue weighted by Gasteiger charge is 2.12. The van der Waals surface area contributed by atoms with E-state index < -0.39 is 0 Å². The van der Waals surface area contributed by atoms with Crippen LogP contribution < -0.4 is 10.1 Å². The third kappa shape index (κ3) is 4.50. The number of amides is 1. The minimum Gasteiger partial charge on any atom is -0.486 e. The van der Waals surface area contributed by atoms with E-state index in [-0.39, 0.29) is 18.3 Å². The first-order valence-corrected chi connectivity index (χ1v) is 8.21. The van der Waals surface area contributed by atoms with Crippen molar-refractivity contribution in [3.8, 4) is 5.75 Å². The number of hydrogen-bond donors (Lipinski definition) is 1. The second-order valence-electron chi connectivity index (χ2n) is 5.76. The lowest BCUT2D eigenvalue weighted by atomic mass is 10.2. The quantitative estimate of drug-likeness (QED) is 0.717. The van der Waals surface area contributed by atoms with E-state index in [0.29, 0.717) is 12.3 Å². The second kappa shape index (κ2) is 7.70. The zero-order valence-corrected chi connectivity index (χ0v) is 14.4. The van der Waals surface area contributed by atoms with Gasteiger partial charge in [0.05, 0.1) is 6.20 Å². The fourth-order valence-corrected chi connectivity index (χ4v) is 2.38. The van der Waals surface area contributed by atoms with Gasteiger partial charge in [-0.25, -0.2) is 0 Å². The van der Waals surface area contributed by atoms with E-state index in [0.717, 1.165) is 23.4 Å². The van der Waals surface area contributed by atoms with Gasteiger partial charge in [-0.3, -0.25) is 9.48 Å². The highest BCUT2D eigenvalue weighted by Crippen LogP contribution is 2.16. The standard InChI is InChI=1S/C19H21N3O3/c1-3-22-12-15(11-21-22)10-20-19(23)18-8-7-17(25-18)13-24-16-6-4-5-14(2)9-16/h4-9,11-12H,3,10,13H2,1-2H3,(H,20,23). The third-order valence-electron chi connectivity index (χ3n) is 3.72. The predicted molar refractivity (Wildman–Crippen MR) is 93.3 cm³/mol. The van der Waals surface area contributed by atoms with Gasteiger partial charge in [0.2, 0.25) is 0 Å². The molecular weight excluding hydrogens is 318 g/mol. The molecule has 1 N–H and O–H groups in total. The first-order chi connectivity index (χ1) is 12.1. The molecule has 130 valence electrons. The molecule has 0 atom stereocenters. The van der Waals surface area contributed by atoms with Gasteiger partial charge < -0.3 is 14.5 Å². The van der Waals surface area contributed by atoms with Crippen molar-refractivity contribution >= 4 is 5.91 Å². The number of hydrogen-bond acceptors (Lipinski definition) is 4. The van der Waals surface area contributed by atoms with Gasteiger partial charge in [-0.05, 0) is 43.7 Å². The number of benzene rings is 1. The smallest absolute Gasteiger partial charge is 0.287 e. The van der Waals surface area contributed by atoms with Crippen molar-refractivity contribution in [2.24, 2.45) is 0 Å². The van der Waals surface area contributed by atoms with E-state index in [2.05, 4.69) is 10.4 Å². The molecule has 2 heterocycles. The van der Waals surface area contributed by atoms with E-state index in [9.17, 15) is 4.79 Å². The molecule has 0 unspecified atom stereocenters. The van der Waals surface area contributed by atoms with Crippen LogP contribution in [-0.2, 0) is 19.7 Å². The fourth-order valence-electron chi connectivity index (χ4n) is 2.38. The summed E-state index contributed by atoms with van der Waals surface area (Å²) in [6.07, 6.45) is 3.65. The molecule has 2 aromatic heterocycles. The zero-order chi connectivity index (χ0) is 17.6. The van der Waals surface area contributed by atoms with Crippen LogP contribution in [-0.4, -0.2) is 15.7 Å². The van der Waals surface area contributed by atoms with E-state index in [1.807, 2.05) is 49.0 Å². The van der Waals surface area contributed by atoms with Crippen LogP contribution in [0.15, 0.2) is 53.2 Å². The topological polar surface area (TPSA) is 69.3 Å². The SMILES string of the molecule is CCn1cc(CNC(=O)c2ccc(COc3cccc(C)c3)o2)cn1. The molecule has 0 saturated carbocycles. The van der Waals surface area contributed by atoms with Crippen molar-refractivity contribution in [2.75, 3.05) is 0 Å². The Morgan fingerprint density at radius 3 is 2.96 bits per heavy atom. The fraction of sp³-hybridized carbons (Fsp3) is 0.263. The molecule has 3 aromatic rings. The first kappa shape index (κ1) is 16.8. The number of nitrogens with one attached hydrogen (secondary N) is 1. The number of ether oxygens (including phenoxy) is 1. The molecule has 0 fully saturated rings. The molecule has 1 amide bonds. The number of furan rings is 1. The van der Waals surface area contributed by atoms with Crippen LogP contribution in [0.1, 0.15) is 34.4 Å². The largest absolute Gasteiger partial charge is 0.486 e. The maximum Gasteiger partial charge on any atom is 0.287 e. The maximum atomic E-state index is 12.2. The number of aryl methyl sites for hydroxylation is 2. The highest BCUT2D eigenvalue weighted by molar-refractivity contribution is 5.91. The van der Waals surface area contributed by atoms with Crippen LogP contribution in [0.3, 0.4) is 0 Å². The summed E-state index contributed by atoms with van der Waals surface area (Å²) in [5, 5.41) is 6.99. The Bertz CT molecular complexity index is 851. The molecule has 6 heteroatoms. The molecule has 0 spiro atoms. The summed E-state index contributed by atoms with van der Waals surface area (Å²) >= 11 is 0. The van der Waals surface area contributed by atoms with E-state index in [1.165, 1.54) is 0 Å².